The maximum absolute atomic E-state index is 15.6. The van der Waals surface area contributed by atoms with Gasteiger partial charge in [-0.1, -0.05) is 74.4 Å². The van der Waals surface area contributed by atoms with Gasteiger partial charge in [0, 0.05) is 62.4 Å². The number of aliphatic hydroxyl groups is 4. The van der Waals surface area contributed by atoms with Crippen LogP contribution < -0.4 is 5.32 Å². The lowest BCUT2D eigenvalue weighted by atomic mass is 9.49. The average molecular weight is 1170 g/mol. The first-order chi connectivity index (χ1) is 39.1. The molecule has 9 aliphatic rings. The molecule has 22 nitrogen and oxygen atoms in total. The van der Waals surface area contributed by atoms with Crippen LogP contribution in [0.2, 0.25) is 0 Å². The van der Waals surface area contributed by atoms with E-state index in [4.69, 9.17) is 52.1 Å². The molecule has 9 rings (SSSR count). The standard InChI is InChI=1S/C61H92N2O20/c1-27-15-18-42(79-47-26-59(11,63(71)72)54(36(10)78-47)62-58(70)74-14)29(3)21-37-20-28(2)32(6)25-61(37)56(68)48(57(69)83-61)55(67)60(12)39(27)17-16-38-49(60)30(4)19-31(5)51(38)81-46-24-43(50(66)33(7)75-46)80-44-23-41(65)53(35(9)77-44)82-45-22-40(64)52(73-13)34(8)76-45/h15-17,20-21,30-47,49-54,64-67,71-72H,18-19,22-26H2,1-14H3,(H,62,70)/b27-15+,29-21+,55-48?/t30-,31-,32+,33?,34?,35?,36?,37+,38+,39-,40?,41?,42-,43-,44?,45?,46-,47-,49+,50?,51-,52?,53?,54?,59?,60+,61+/m0/s1. The van der Waals surface area contributed by atoms with Crippen LogP contribution in [0.25, 0.3) is 0 Å². The SMILES string of the molecule is COC(=O)NC1C(C)O[C@@H](O[C@H]2C/C=C(\C)[C@@H]3C=C[C@H]4[C@@H](O[C@H]5C[C@H](OC6CC(O)C(OC7CC(O)C(OC)C(C)O7)C(C)O6)C(O)C(C)O5)[C@@H](C)C[C@H](C)[C@H]4[C@]3(C)C(O)=C3C(=O)O[C@@]4(C[C@@H](C)C(C)=C[C@@H]4/C=C/2C)C3=O)CC1(C)N(O)O. The fraction of sp³-hybridized carbons (Fsp3) is 0.787. The topological polar surface area (TPSA) is 289 Å². The van der Waals surface area contributed by atoms with Gasteiger partial charge in [0.25, 0.3) is 0 Å². The van der Waals surface area contributed by atoms with E-state index in [9.17, 15) is 40.4 Å². The van der Waals surface area contributed by atoms with Gasteiger partial charge < -0.3 is 77.8 Å². The van der Waals surface area contributed by atoms with Gasteiger partial charge in [-0.25, -0.2) is 9.59 Å². The lowest BCUT2D eigenvalue weighted by Gasteiger charge is -2.56. The summed E-state index contributed by atoms with van der Waals surface area (Å²) in [6, 6.07) is -0.932. The van der Waals surface area contributed by atoms with E-state index in [1.54, 1.807) is 34.6 Å². The summed E-state index contributed by atoms with van der Waals surface area (Å²) in [5, 5.41) is 70.9. The Morgan fingerprint density at radius 1 is 0.699 bits per heavy atom. The summed E-state index contributed by atoms with van der Waals surface area (Å²) >= 11 is 0. The molecule has 0 aromatic carbocycles. The van der Waals surface area contributed by atoms with Gasteiger partial charge in [0.1, 0.15) is 29.6 Å². The molecule has 13 unspecified atom stereocenters. The predicted octanol–water partition coefficient (Wildman–Crippen LogP) is 6.40. The molecule has 0 radical (unpaired) electrons. The Labute approximate surface area is 487 Å². The molecule has 83 heavy (non-hydrogen) atoms. The largest absolute Gasteiger partial charge is 0.511 e. The summed E-state index contributed by atoms with van der Waals surface area (Å²) in [4.78, 5) is 42.7. The van der Waals surface area contributed by atoms with Gasteiger partial charge in [0.05, 0.1) is 73.6 Å². The number of fused-ring (bicyclic) bond motifs is 4. The number of amides is 1. The average Bonchev–Trinajstić information content (AvgIpc) is 1.91. The summed E-state index contributed by atoms with van der Waals surface area (Å²) in [5.74, 6) is -4.26. The summed E-state index contributed by atoms with van der Waals surface area (Å²) in [5.41, 5.74) is -2.34. The molecule has 22 heteroatoms. The minimum absolute atomic E-state index is 0.0278. The Morgan fingerprint density at radius 3 is 1.94 bits per heavy atom. The van der Waals surface area contributed by atoms with Crippen LogP contribution in [0.15, 0.2) is 58.4 Å². The van der Waals surface area contributed by atoms with E-state index in [0.29, 0.717) is 12.0 Å². The van der Waals surface area contributed by atoms with E-state index in [2.05, 4.69) is 25.2 Å². The quantitative estimate of drug-likeness (QED) is 0.0509. The Balaban J connectivity index is 1.00. The molecule has 1 amide bonds. The van der Waals surface area contributed by atoms with Gasteiger partial charge in [-0.2, -0.15) is 0 Å². The zero-order valence-corrected chi connectivity index (χ0v) is 50.5. The van der Waals surface area contributed by atoms with Crippen molar-refractivity contribution in [2.24, 2.45) is 46.8 Å². The number of nitrogens with zero attached hydrogens (tertiary/aromatic N) is 1. The maximum Gasteiger partial charge on any atom is 0.407 e. The zero-order valence-electron chi connectivity index (χ0n) is 50.5. The third kappa shape index (κ3) is 12.0. The third-order valence-corrected chi connectivity index (χ3v) is 20.3. The van der Waals surface area contributed by atoms with E-state index in [1.165, 1.54) is 14.2 Å². The molecular weight excluding hydrogens is 1080 g/mol. The molecule has 5 saturated heterocycles. The molecule has 27 atom stereocenters. The minimum Gasteiger partial charge on any atom is -0.511 e. The van der Waals surface area contributed by atoms with Gasteiger partial charge in [0.15, 0.2) is 30.8 Å². The summed E-state index contributed by atoms with van der Waals surface area (Å²) in [7, 11) is 2.72. The van der Waals surface area contributed by atoms with E-state index >= 15 is 4.79 Å². The van der Waals surface area contributed by atoms with E-state index in [1.807, 2.05) is 58.9 Å². The Morgan fingerprint density at radius 2 is 1.30 bits per heavy atom. The van der Waals surface area contributed by atoms with Crippen molar-refractivity contribution >= 4 is 17.8 Å². The highest BCUT2D eigenvalue weighted by molar-refractivity contribution is 6.26. The lowest BCUT2D eigenvalue weighted by Crippen LogP contribution is -2.68. The molecule has 466 valence electrons. The molecule has 2 bridgehead atoms. The van der Waals surface area contributed by atoms with Crippen LogP contribution in [0.3, 0.4) is 0 Å². The number of hydrogen-bond donors (Lipinski definition) is 7. The number of aliphatic hydroxyl groups excluding tert-OH is 4. The normalized spacial score (nSPS) is 49.0. The highest BCUT2D eigenvalue weighted by Crippen LogP contribution is 2.61. The molecule has 1 saturated carbocycles. The van der Waals surface area contributed by atoms with Crippen molar-refractivity contribution in [2.45, 2.75) is 244 Å². The Bertz CT molecular complexity index is 2530. The van der Waals surface area contributed by atoms with Crippen LogP contribution >= 0.6 is 0 Å². The van der Waals surface area contributed by atoms with Gasteiger partial charge in [-0.05, 0) is 97.5 Å². The highest BCUT2D eigenvalue weighted by atomic mass is 16.8. The molecule has 5 heterocycles. The van der Waals surface area contributed by atoms with Crippen molar-refractivity contribution in [3.8, 4) is 0 Å². The van der Waals surface area contributed by atoms with Crippen LogP contribution in [0.4, 0.5) is 4.79 Å². The summed E-state index contributed by atoms with van der Waals surface area (Å²) < 4.78 is 68.3. The molecule has 4 aliphatic carbocycles. The minimum atomic E-state index is -1.69. The molecule has 5 aliphatic heterocycles. The number of ether oxygens (including phenoxy) is 11. The zero-order chi connectivity index (χ0) is 60.5. The van der Waals surface area contributed by atoms with Crippen molar-refractivity contribution in [3.63, 3.8) is 0 Å². The lowest BCUT2D eigenvalue weighted by molar-refractivity contribution is -0.390. The Kier molecular flexibility index (Phi) is 19.1. The number of rotatable bonds is 11. The van der Waals surface area contributed by atoms with Crippen LogP contribution in [-0.4, -0.2) is 184 Å². The molecule has 0 aromatic heterocycles. The fourth-order valence-electron chi connectivity index (χ4n) is 15.7. The first-order valence-electron chi connectivity index (χ1n) is 29.8. The monoisotopic (exact) mass is 1170 g/mol. The first-order valence-corrected chi connectivity index (χ1v) is 29.8. The van der Waals surface area contributed by atoms with Gasteiger partial charge in [-0.15, -0.1) is 0 Å². The maximum atomic E-state index is 15.6. The molecule has 7 N–H and O–H groups in total. The second-order valence-corrected chi connectivity index (χ2v) is 26.0. The van der Waals surface area contributed by atoms with Crippen molar-refractivity contribution in [2.75, 3.05) is 14.2 Å². The second kappa shape index (κ2) is 24.8. The van der Waals surface area contributed by atoms with Crippen molar-refractivity contribution in [1.82, 2.24) is 10.5 Å². The fourth-order valence-corrected chi connectivity index (χ4v) is 15.7. The van der Waals surface area contributed by atoms with Crippen LogP contribution in [-0.2, 0) is 61.7 Å². The third-order valence-electron chi connectivity index (χ3n) is 20.3. The predicted molar refractivity (Wildman–Crippen MR) is 295 cm³/mol. The molecule has 1 spiro atoms. The number of nitrogens with one attached hydrogen (secondary N) is 1. The summed E-state index contributed by atoms with van der Waals surface area (Å²) in [6.07, 6.45) is -2.03. The van der Waals surface area contributed by atoms with Gasteiger partial charge >= 0.3 is 12.1 Å². The highest BCUT2D eigenvalue weighted by Gasteiger charge is 2.64. The van der Waals surface area contributed by atoms with E-state index < -0.39 is 157 Å². The smallest absolute Gasteiger partial charge is 0.407 e. The number of allylic oxidation sites excluding steroid dienone is 4. The van der Waals surface area contributed by atoms with Crippen LogP contribution in [0.1, 0.15) is 128 Å². The number of carbonyl (C=O) groups is 3. The van der Waals surface area contributed by atoms with Gasteiger partial charge in [-0.3, -0.25) is 15.2 Å². The number of hydrogen-bond acceptors (Lipinski definition) is 21. The molecule has 6 fully saturated rings. The molecular formula is C61H92N2O20. The van der Waals surface area contributed by atoms with Gasteiger partial charge in [0.2, 0.25) is 5.78 Å². The number of hydroxylamine groups is 2. The van der Waals surface area contributed by atoms with Crippen molar-refractivity contribution in [3.05, 3.63) is 58.4 Å². The number of carbonyl (C=O) groups excluding carboxylic acids is 3. The molecule has 0 aromatic rings. The number of esters is 1. The number of alkyl carbamates (subject to hydrolysis) is 1. The first kappa shape index (κ1) is 63.8. The van der Waals surface area contributed by atoms with E-state index in [0.717, 1.165) is 11.1 Å². The second-order valence-electron chi connectivity index (χ2n) is 26.0. The number of Topliss-reactive ketones (excluding diaryl/α,β-unsaturated/α-hetero) is 1. The number of ketones is 1. The van der Waals surface area contributed by atoms with Crippen LogP contribution in [0, 0.1) is 46.8 Å². The Hall–Kier alpha value is -3.69. The van der Waals surface area contributed by atoms with Crippen molar-refractivity contribution in [1.29, 1.82) is 0 Å². The summed E-state index contributed by atoms with van der Waals surface area (Å²) in [6.45, 7) is 22.5. The number of methoxy groups -OCH3 is 2. The van der Waals surface area contributed by atoms with Crippen molar-refractivity contribution < 1.29 is 97.3 Å². The van der Waals surface area contributed by atoms with Crippen LogP contribution in [0.5, 0.6) is 0 Å². The van der Waals surface area contributed by atoms with E-state index in [-0.39, 0.29) is 78.8 Å².